The van der Waals surface area contributed by atoms with E-state index < -0.39 is 17.8 Å². The minimum Gasteiger partial charge on any atom is -0.507 e. The van der Waals surface area contributed by atoms with E-state index in [-0.39, 0.29) is 23.9 Å². The standard InChI is InChI=1S/C21H23FN6O3/c1-21-9-18(30-2)14(25-21)8-17(19(21)22)31-20-24-10-15(26-27-20)13-4-3-12(7-16(13)29)28-6-5-23-11-28/h3-7,10-11,14,17-19,25,29H,8-9H2,1-2H3/t14-,17+,18+,19-,21-/m0/s1. The molecule has 31 heavy (non-hydrogen) atoms. The first-order chi connectivity index (χ1) is 15.0. The number of ether oxygens (including phenoxy) is 2. The van der Waals surface area contributed by atoms with E-state index in [0.29, 0.717) is 24.1 Å². The van der Waals surface area contributed by atoms with Crippen LogP contribution in [0, 0.1) is 0 Å². The number of rotatable bonds is 5. The Morgan fingerprint density at radius 3 is 2.84 bits per heavy atom. The van der Waals surface area contributed by atoms with E-state index in [1.165, 1.54) is 6.20 Å². The molecule has 2 aliphatic heterocycles. The number of hydrogen-bond donors (Lipinski definition) is 2. The van der Waals surface area contributed by atoms with Crippen LogP contribution in [-0.2, 0) is 4.74 Å². The van der Waals surface area contributed by atoms with E-state index in [2.05, 4.69) is 25.5 Å². The molecule has 2 bridgehead atoms. The lowest BCUT2D eigenvalue weighted by Gasteiger charge is -2.39. The molecule has 2 N–H and O–H groups in total. The number of halogens is 1. The highest BCUT2D eigenvalue weighted by molar-refractivity contribution is 5.67. The lowest BCUT2D eigenvalue weighted by molar-refractivity contribution is 0.00259. The van der Waals surface area contributed by atoms with Gasteiger partial charge in [0.25, 0.3) is 0 Å². The maximum atomic E-state index is 15.1. The van der Waals surface area contributed by atoms with Gasteiger partial charge in [-0.25, -0.2) is 14.4 Å². The van der Waals surface area contributed by atoms with Crippen LogP contribution in [0.1, 0.15) is 19.8 Å². The molecular weight excluding hydrogens is 403 g/mol. The highest BCUT2D eigenvalue weighted by atomic mass is 19.1. The lowest BCUT2D eigenvalue weighted by atomic mass is 9.88. The number of nitrogens with one attached hydrogen (secondary N) is 1. The molecule has 0 saturated carbocycles. The van der Waals surface area contributed by atoms with Crippen LogP contribution < -0.4 is 10.1 Å². The number of benzene rings is 1. The molecule has 10 heteroatoms. The maximum Gasteiger partial charge on any atom is 0.336 e. The summed E-state index contributed by atoms with van der Waals surface area (Å²) >= 11 is 0. The molecule has 4 heterocycles. The van der Waals surface area contributed by atoms with Crippen molar-refractivity contribution in [2.24, 2.45) is 0 Å². The third kappa shape index (κ3) is 3.51. The monoisotopic (exact) mass is 426 g/mol. The van der Waals surface area contributed by atoms with E-state index in [1.54, 1.807) is 42.5 Å². The van der Waals surface area contributed by atoms with Crippen LogP contribution in [0.2, 0.25) is 0 Å². The molecule has 9 nitrogen and oxygen atoms in total. The molecule has 162 valence electrons. The van der Waals surface area contributed by atoms with Gasteiger partial charge in [-0.05, 0) is 25.5 Å². The Balaban J connectivity index is 1.32. The van der Waals surface area contributed by atoms with Gasteiger partial charge in [0.15, 0.2) is 6.17 Å². The van der Waals surface area contributed by atoms with Crippen LogP contribution in [0.15, 0.2) is 43.1 Å². The Morgan fingerprint density at radius 1 is 1.29 bits per heavy atom. The molecule has 5 rings (SSSR count). The number of hydrogen-bond acceptors (Lipinski definition) is 8. The predicted molar refractivity (Wildman–Crippen MR) is 109 cm³/mol. The fraction of sp³-hybridized carbons (Fsp3) is 0.429. The van der Waals surface area contributed by atoms with Crippen molar-refractivity contribution in [3.63, 3.8) is 0 Å². The van der Waals surface area contributed by atoms with Crippen LogP contribution in [0.25, 0.3) is 16.9 Å². The van der Waals surface area contributed by atoms with Crippen LogP contribution in [0.5, 0.6) is 11.8 Å². The minimum absolute atomic E-state index is 0.00444. The lowest BCUT2D eigenvalue weighted by Crippen LogP contribution is -2.59. The van der Waals surface area contributed by atoms with E-state index in [4.69, 9.17) is 9.47 Å². The molecule has 0 spiro atoms. The Bertz CT molecular complexity index is 1060. The van der Waals surface area contributed by atoms with Crippen molar-refractivity contribution in [3.8, 4) is 28.7 Å². The van der Waals surface area contributed by atoms with Crippen molar-refractivity contribution in [3.05, 3.63) is 43.1 Å². The van der Waals surface area contributed by atoms with Gasteiger partial charge in [0.1, 0.15) is 17.5 Å². The number of phenols is 1. The second kappa shape index (κ2) is 7.54. The fourth-order valence-corrected chi connectivity index (χ4v) is 4.56. The zero-order valence-electron chi connectivity index (χ0n) is 17.1. The van der Waals surface area contributed by atoms with Gasteiger partial charge in [0, 0.05) is 43.6 Å². The quantitative estimate of drug-likeness (QED) is 0.638. The largest absolute Gasteiger partial charge is 0.507 e. The van der Waals surface area contributed by atoms with Gasteiger partial charge >= 0.3 is 6.01 Å². The minimum atomic E-state index is -1.23. The van der Waals surface area contributed by atoms with Gasteiger partial charge < -0.3 is 24.5 Å². The topological polar surface area (TPSA) is 107 Å². The molecule has 2 fully saturated rings. The number of fused-ring (bicyclic) bond motifs is 2. The molecule has 0 amide bonds. The molecular formula is C21H23FN6O3. The maximum absolute atomic E-state index is 15.1. The third-order valence-electron chi connectivity index (χ3n) is 6.17. The number of alkyl halides is 1. The molecule has 2 saturated heterocycles. The number of aromatic nitrogens is 5. The van der Waals surface area contributed by atoms with Gasteiger partial charge in [-0.3, -0.25) is 0 Å². The van der Waals surface area contributed by atoms with Gasteiger partial charge in [-0.2, -0.15) is 0 Å². The third-order valence-corrected chi connectivity index (χ3v) is 6.17. The van der Waals surface area contributed by atoms with Crippen LogP contribution in [0.4, 0.5) is 4.39 Å². The number of piperidine rings is 1. The average molecular weight is 426 g/mol. The van der Waals surface area contributed by atoms with Crippen molar-refractivity contribution < 1.29 is 19.0 Å². The second-order valence-electron chi connectivity index (χ2n) is 8.24. The van der Waals surface area contributed by atoms with Gasteiger partial charge in [0.05, 0.1) is 29.9 Å². The number of imidazole rings is 1. The van der Waals surface area contributed by atoms with Gasteiger partial charge in [0.2, 0.25) is 0 Å². The fourth-order valence-electron chi connectivity index (χ4n) is 4.56. The first-order valence-electron chi connectivity index (χ1n) is 10.1. The number of nitrogens with zero attached hydrogens (tertiary/aromatic N) is 5. The van der Waals surface area contributed by atoms with Crippen LogP contribution in [0.3, 0.4) is 0 Å². The number of aromatic hydroxyl groups is 1. The van der Waals surface area contributed by atoms with Gasteiger partial charge in [-0.15, -0.1) is 5.10 Å². The zero-order valence-corrected chi connectivity index (χ0v) is 17.1. The van der Waals surface area contributed by atoms with Crippen LogP contribution >= 0.6 is 0 Å². The smallest absolute Gasteiger partial charge is 0.336 e. The molecule has 2 aliphatic rings. The first kappa shape index (κ1) is 19.8. The summed E-state index contributed by atoms with van der Waals surface area (Å²) in [4.78, 5) is 8.18. The van der Waals surface area contributed by atoms with Crippen molar-refractivity contribution in [1.82, 2.24) is 30.0 Å². The zero-order chi connectivity index (χ0) is 21.6. The summed E-state index contributed by atoms with van der Waals surface area (Å²) in [7, 11) is 1.64. The SMILES string of the molecule is CO[C@@H]1C[C@]2(C)N[C@H]1C[C@@H](Oc1ncc(-c3ccc(-n4ccnc4)cc3O)nn1)[C@@H]2F. The van der Waals surface area contributed by atoms with Crippen molar-refractivity contribution in [1.29, 1.82) is 0 Å². The van der Waals surface area contributed by atoms with E-state index >= 15 is 4.39 Å². The van der Waals surface area contributed by atoms with Gasteiger partial charge in [-0.1, -0.05) is 5.10 Å². The average Bonchev–Trinajstić information content (AvgIpc) is 3.40. The highest BCUT2D eigenvalue weighted by Gasteiger charge is 2.55. The second-order valence-corrected chi connectivity index (χ2v) is 8.24. The summed E-state index contributed by atoms with van der Waals surface area (Å²) in [6.07, 6.45) is 5.61. The molecule has 3 aromatic rings. The normalized spacial score (nSPS) is 29.8. The summed E-state index contributed by atoms with van der Waals surface area (Å²) in [5.74, 6) is 0.0354. The summed E-state index contributed by atoms with van der Waals surface area (Å²) < 4.78 is 28.1. The molecule has 0 unspecified atom stereocenters. The Hall–Kier alpha value is -3.11. The number of methoxy groups -OCH3 is 1. The molecule has 2 aromatic heterocycles. The Morgan fingerprint density at radius 2 is 2.16 bits per heavy atom. The summed E-state index contributed by atoms with van der Waals surface area (Å²) in [6.45, 7) is 1.84. The van der Waals surface area contributed by atoms with Crippen molar-refractivity contribution >= 4 is 0 Å². The first-order valence-corrected chi connectivity index (χ1v) is 10.1. The van der Waals surface area contributed by atoms with E-state index in [9.17, 15) is 5.11 Å². The highest BCUT2D eigenvalue weighted by Crippen LogP contribution is 2.40. The van der Waals surface area contributed by atoms with Crippen molar-refractivity contribution in [2.75, 3.05) is 7.11 Å². The summed E-state index contributed by atoms with van der Waals surface area (Å²) in [5.41, 5.74) is 0.923. The van der Waals surface area contributed by atoms with E-state index in [1.807, 2.05) is 13.0 Å². The molecule has 0 radical (unpaired) electrons. The predicted octanol–water partition coefficient (Wildman–Crippen LogP) is 2.05. The Kier molecular flexibility index (Phi) is 4.82. The number of phenolic OH excluding ortho intramolecular Hbond substituents is 1. The summed E-state index contributed by atoms with van der Waals surface area (Å²) in [6, 6.07) is 5.18. The Labute approximate surface area is 178 Å². The summed E-state index contributed by atoms with van der Waals surface area (Å²) in [5, 5.41) is 21.9. The molecule has 5 atom stereocenters. The van der Waals surface area contributed by atoms with Crippen molar-refractivity contribution in [2.45, 2.75) is 49.7 Å². The van der Waals surface area contributed by atoms with E-state index in [0.717, 1.165) is 5.69 Å². The van der Waals surface area contributed by atoms with Crippen LogP contribution in [-0.4, -0.2) is 66.9 Å². The molecule has 0 aliphatic carbocycles. The molecule has 1 aromatic carbocycles.